The summed E-state index contributed by atoms with van der Waals surface area (Å²) in [5.41, 5.74) is -0.392. The number of alkyl halides is 3. The fraction of sp³-hybridized carbons (Fsp3) is 0.231. The summed E-state index contributed by atoms with van der Waals surface area (Å²) >= 11 is 0. The van der Waals surface area contributed by atoms with Gasteiger partial charge in [-0.15, -0.1) is 0 Å². The molecule has 0 aliphatic rings. The van der Waals surface area contributed by atoms with Crippen LogP contribution in [0.4, 0.5) is 35.1 Å². The zero-order valence-corrected chi connectivity index (χ0v) is 18.0. The normalized spacial score (nSPS) is 12.0. The molecular weight excluding hydrogens is 464 g/mol. The summed E-state index contributed by atoms with van der Waals surface area (Å²) in [6, 6.07) is 8.06. The van der Waals surface area contributed by atoms with Crippen LogP contribution >= 0.6 is 0 Å². The van der Waals surface area contributed by atoms with Gasteiger partial charge in [-0.2, -0.15) is 13.2 Å². The first-order valence-electron chi connectivity index (χ1n) is 10.5. The lowest BCUT2D eigenvalue weighted by atomic mass is 9.97. The van der Waals surface area contributed by atoms with Crippen LogP contribution in [0.1, 0.15) is 35.6 Å². The van der Waals surface area contributed by atoms with Crippen LogP contribution in [-0.4, -0.2) is 6.18 Å². The standard InChI is InChI=1S/C26H20F8/c1-2-3-15-4-6-18(21(27)10-15)17-13-24(30)19(25(31)14-17)7-5-16-11-22(28)20(23(29)12-16)8-9-26(32,33)34/h4,6,8-14H,2-3,5,7H2,1H3. The van der Waals surface area contributed by atoms with Crippen molar-refractivity contribution in [3.63, 3.8) is 0 Å². The van der Waals surface area contributed by atoms with Crippen molar-refractivity contribution in [2.24, 2.45) is 0 Å². The molecule has 0 bridgehead atoms. The van der Waals surface area contributed by atoms with E-state index >= 15 is 0 Å². The van der Waals surface area contributed by atoms with E-state index in [0.717, 1.165) is 36.2 Å². The van der Waals surface area contributed by atoms with E-state index in [1.807, 2.05) is 6.92 Å². The molecule has 3 aromatic carbocycles. The summed E-state index contributed by atoms with van der Waals surface area (Å²) in [5, 5.41) is 0. The molecule has 34 heavy (non-hydrogen) atoms. The van der Waals surface area contributed by atoms with E-state index in [4.69, 9.17) is 0 Å². The number of hydrogen-bond donors (Lipinski definition) is 0. The molecule has 0 radical (unpaired) electrons. The molecule has 180 valence electrons. The van der Waals surface area contributed by atoms with Crippen molar-refractivity contribution in [1.82, 2.24) is 0 Å². The highest BCUT2D eigenvalue weighted by molar-refractivity contribution is 5.65. The van der Waals surface area contributed by atoms with E-state index in [1.54, 1.807) is 6.07 Å². The third-order valence-electron chi connectivity index (χ3n) is 5.27. The third-order valence-corrected chi connectivity index (χ3v) is 5.27. The van der Waals surface area contributed by atoms with Gasteiger partial charge in [-0.25, -0.2) is 22.0 Å². The average Bonchev–Trinajstić information content (AvgIpc) is 2.72. The van der Waals surface area contributed by atoms with Crippen LogP contribution in [0.2, 0.25) is 0 Å². The Morgan fingerprint density at radius 2 is 1.26 bits per heavy atom. The van der Waals surface area contributed by atoms with Crippen LogP contribution in [0, 0.1) is 29.1 Å². The third kappa shape index (κ3) is 6.24. The maximum atomic E-state index is 14.6. The quantitative estimate of drug-likeness (QED) is 0.296. The highest BCUT2D eigenvalue weighted by atomic mass is 19.4. The summed E-state index contributed by atoms with van der Waals surface area (Å²) in [6.07, 6.45) is -3.71. The molecule has 0 fully saturated rings. The van der Waals surface area contributed by atoms with Crippen LogP contribution in [0.15, 0.2) is 48.5 Å². The van der Waals surface area contributed by atoms with Gasteiger partial charge in [0.2, 0.25) is 0 Å². The Morgan fingerprint density at radius 1 is 0.676 bits per heavy atom. The van der Waals surface area contributed by atoms with Crippen LogP contribution in [-0.2, 0) is 19.3 Å². The second-order valence-electron chi connectivity index (χ2n) is 7.83. The SMILES string of the molecule is CCCc1ccc(-c2cc(F)c(CCc3cc(F)c(C=CC(F)(F)F)c(F)c3)c(F)c2)c(F)c1. The van der Waals surface area contributed by atoms with Gasteiger partial charge in [-0.05, 0) is 72.4 Å². The molecule has 0 aliphatic carbocycles. The van der Waals surface area contributed by atoms with Gasteiger partial charge in [-0.1, -0.05) is 25.5 Å². The van der Waals surface area contributed by atoms with E-state index in [1.165, 1.54) is 12.1 Å². The van der Waals surface area contributed by atoms with Crippen LogP contribution in [0.3, 0.4) is 0 Å². The average molecular weight is 484 g/mol. The number of rotatable bonds is 7. The number of benzene rings is 3. The topological polar surface area (TPSA) is 0 Å². The van der Waals surface area contributed by atoms with Crippen LogP contribution in [0.5, 0.6) is 0 Å². The fourth-order valence-corrected chi connectivity index (χ4v) is 3.62. The van der Waals surface area contributed by atoms with E-state index in [9.17, 15) is 35.1 Å². The summed E-state index contributed by atoms with van der Waals surface area (Å²) in [5.74, 6) is -4.96. The fourth-order valence-electron chi connectivity index (χ4n) is 3.62. The zero-order chi connectivity index (χ0) is 25.0. The van der Waals surface area contributed by atoms with Gasteiger partial charge in [0, 0.05) is 22.8 Å². The highest BCUT2D eigenvalue weighted by Crippen LogP contribution is 2.29. The molecule has 0 spiro atoms. The van der Waals surface area contributed by atoms with Gasteiger partial charge in [-0.3, -0.25) is 0 Å². The molecule has 0 aliphatic heterocycles. The predicted octanol–water partition coefficient (Wildman–Crippen LogP) is 8.36. The van der Waals surface area contributed by atoms with Gasteiger partial charge < -0.3 is 0 Å². The Hall–Kier alpha value is -3.16. The summed E-state index contributed by atoms with van der Waals surface area (Å²) in [7, 11) is 0. The molecule has 0 N–H and O–H groups in total. The molecule has 3 rings (SSSR count). The lowest BCUT2D eigenvalue weighted by molar-refractivity contribution is -0.0790. The minimum Gasteiger partial charge on any atom is -0.207 e. The first-order chi connectivity index (χ1) is 16.0. The molecule has 0 amide bonds. The van der Waals surface area contributed by atoms with Crippen molar-refractivity contribution in [1.29, 1.82) is 0 Å². The maximum Gasteiger partial charge on any atom is 0.409 e. The molecule has 0 atom stereocenters. The number of aryl methyl sites for hydroxylation is 2. The second kappa shape index (κ2) is 10.4. The Morgan fingerprint density at radius 3 is 1.79 bits per heavy atom. The second-order valence-corrected chi connectivity index (χ2v) is 7.83. The molecule has 0 aromatic heterocycles. The summed E-state index contributed by atoms with van der Waals surface area (Å²) < 4.78 is 109. The van der Waals surface area contributed by atoms with Gasteiger partial charge >= 0.3 is 6.18 Å². The van der Waals surface area contributed by atoms with Crippen molar-refractivity contribution >= 4 is 6.08 Å². The van der Waals surface area contributed by atoms with E-state index in [0.29, 0.717) is 6.42 Å². The Balaban J connectivity index is 1.80. The Labute approximate surface area is 191 Å². The first kappa shape index (κ1) is 25.5. The van der Waals surface area contributed by atoms with Crippen LogP contribution in [0.25, 0.3) is 17.2 Å². The van der Waals surface area contributed by atoms with Crippen molar-refractivity contribution in [2.45, 2.75) is 38.8 Å². The van der Waals surface area contributed by atoms with Gasteiger partial charge in [0.25, 0.3) is 0 Å². The maximum absolute atomic E-state index is 14.6. The molecule has 0 unspecified atom stereocenters. The van der Waals surface area contributed by atoms with Crippen molar-refractivity contribution < 1.29 is 35.1 Å². The number of halogens is 8. The van der Waals surface area contributed by atoms with Crippen molar-refractivity contribution in [3.05, 3.63) is 99.9 Å². The van der Waals surface area contributed by atoms with Gasteiger partial charge in [0.1, 0.15) is 29.1 Å². The number of hydrogen-bond acceptors (Lipinski definition) is 0. The lowest BCUT2D eigenvalue weighted by Crippen LogP contribution is -2.03. The minimum absolute atomic E-state index is 0.0113. The molecular formula is C26H20F8. The zero-order valence-electron chi connectivity index (χ0n) is 18.0. The van der Waals surface area contributed by atoms with Crippen molar-refractivity contribution in [2.75, 3.05) is 0 Å². The Bertz CT molecular complexity index is 1160. The molecule has 3 aromatic rings. The molecule has 8 heteroatoms. The lowest BCUT2D eigenvalue weighted by Gasteiger charge is -2.11. The molecule has 0 heterocycles. The van der Waals surface area contributed by atoms with Gasteiger partial charge in [0.05, 0.1) is 0 Å². The first-order valence-corrected chi connectivity index (χ1v) is 10.5. The largest absolute Gasteiger partial charge is 0.409 e. The molecule has 0 nitrogen and oxygen atoms in total. The predicted molar refractivity (Wildman–Crippen MR) is 115 cm³/mol. The molecule has 0 saturated heterocycles. The smallest absolute Gasteiger partial charge is 0.207 e. The van der Waals surface area contributed by atoms with Gasteiger partial charge in [0.15, 0.2) is 0 Å². The van der Waals surface area contributed by atoms with E-state index < -0.39 is 40.8 Å². The molecule has 0 saturated carbocycles. The monoisotopic (exact) mass is 484 g/mol. The summed E-state index contributed by atoms with van der Waals surface area (Å²) in [4.78, 5) is 0. The van der Waals surface area contributed by atoms with Crippen LogP contribution < -0.4 is 0 Å². The number of allylic oxidation sites excluding steroid dienone is 1. The van der Waals surface area contributed by atoms with Crippen molar-refractivity contribution in [3.8, 4) is 11.1 Å². The summed E-state index contributed by atoms with van der Waals surface area (Å²) in [6.45, 7) is 1.94. The highest BCUT2D eigenvalue weighted by Gasteiger charge is 2.23. The van der Waals surface area contributed by atoms with E-state index in [2.05, 4.69) is 0 Å². The minimum atomic E-state index is -4.74. The van der Waals surface area contributed by atoms with E-state index in [-0.39, 0.29) is 47.2 Å². The Kier molecular flexibility index (Phi) is 7.79.